The molecule has 8 nitrogen and oxygen atoms in total. The molecule has 2 heterocycles. The van der Waals surface area contributed by atoms with Crippen LogP contribution in [0.3, 0.4) is 0 Å². The third kappa shape index (κ3) is 4.41. The summed E-state index contributed by atoms with van der Waals surface area (Å²) in [6, 6.07) is 5.20. The maximum absolute atomic E-state index is 10.0. The average Bonchev–Trinajstić information content (AvgIpc) is 3.14. The molecule has 8 heteroatoms. The van der Waals surface area contributed by atoms with Gasteiger partial charge in [-0.15, -0.1) is 6.58 Å². The zero-order valence-corrected chi connectivity index (χ0v) is 16.2. The molecule has 2 aromatic rings. The molecule has 0 spiro atoms. The third-order valence-corrected chi connectivity index (χ3v) is 4.93. The van der Waals surface area contributed by atoms with Gasteiger partial charge in [-0.05, 0) is 25.0 Å². The van der Waals surface area contributed by atoms with Crippen LogP contribution in [0.5, 0.6) is 11.6 Å². The SMILES string of the molecule is C=CCCc1nc2ccc(OC)cc2nc1O[C@@H]1C[C@@H](C(O)OC)N(CO)C1. The van der Waals surface area contributed by atoms with Gasteiger partial charge in [0.25, 0.3) is 0 Å². The number of rotatable bonds is 9. The molecule has 0 saturated carbocycles. The van der Waals surface area contributed by atoms with Gasteiger partial charge in [-0.25, -0.2) is 9.97 Å². The first kappa shape index (κ1) is 20.5. The molecule has 0 aliphatic carbocycles. The highest BCUT2D eigenvalue weighted by Crippen LogP contribution is 2.28. The van der Waals surface area contributed by atoms with Crippen LogP contribution in [0.4, 0.5) is 0 Å². The van der Waals surface area contributed by atoms with E-state index in [1.54, 1.807) is 12.0 Å². The van der Waals surface area contributed by atoms with Gasteiger partial charge in [-0.1, -0.05) is 6.08 Å². The second-order valence-corrected chi connectivity index (χ2v) is 6.74. The molecule has 1 aromatic heterocycles. The smallest absolute Gasteiger partial charge is 0.236 e. The summed E-state index contributed by atoms with van der Waals surface area (Å²) in [6.45, 7) is 4.04. The average molecular weight is 389 g/mol. The van der Waals surface area contributed by atoms with Crippen molar-refractivity contribution in [1.29, 1.82) is 0 Å². The van der Waals surface area contributed by atoms with Crippen LogP contribution in [0.15, 0.2) is 30.9 Å². The van der Waals surface area contributed by atoms with Gasteiger partial charge in [0, 0.05) is 26.1 Å². The zero-order chi connectivity index (χ0) is 20.1. The van der Waals surface area contributed by atoms with Crippen LogP contribution < -0.4 is 9.47 Å². The van der Waals surface area contributed by atoms with Crippen LogP contribution in [0.2, 0.25) is 0 Å². The minimum Gasteiger partial charge on any atom is -0.497 e. The first-order chi connectivity index (χ1) is 13.6. The second kappa shape index (κ2) is 9.29. The van der Waals surface area contributed by atoms with Crippen LogP contribution in [0, 0.1) is 0 Å². The molecular formula is C20H27N3O5. The molecule has 1 saturated heterocycles. The number of ether oxygens (including phenoxy) is 3. The quantitative estimate of drug-likeness (QED) is 0.492. The summed E-state index contributed by atoms with van der Waals surface area (Å²) in [5, 5.41) is 19.6. The predicted molar refractivity (Wildman–Crippen MR) is 104 cm³/mol. The Balaban J connectivity index is 1.88. The van der Waals surface area contributed by atoms with E-state index in [-0.39, 0.29) is 18.9 Å². The standard InChI is InChI=1S/C20H27N3O5/c1-4-5-6-16-19(22-17-9-13(26-2)7-8-15(17)21-16)28-14-10-18(20(25)27-3)23(11-14)12-24/h4,7-9,14,18,20,24-25H,1,5-6,10-12H2,2-3H3/t14-,18+,20?/m1/s1. The first-order valence-corrected chi connectivity index (χ1v) is 9.27. The highest BCUT2D eigenvalue weighted by Gasteiger charge is 2.38. The van der Waals surface area contributed by atoms with Crippen LogP contribution in [0.25, 0.3) is 11.0 Å². The van der Waals surface area contributed by atoms with Crippen LogP contribution >= 0.6 is 0 Å². The number of allylic oxidation sites excluding steroid dienone is 1. The number of methoxy groups -OCH3 is 2. The van der Waals surface area contributed by atoms with E-state index in [1.807, 2.05) is 24.3 Å². The van der Waals surface area contributed by atoms with E-state index < -0.39 is 6.29 Å². The fourth-order valence-electron chi connectivity index (χ4n) is 3.43. The highest BCUT2D eigenvalue weighted by atomic mass is 16.6. The van der Waals surface area contributed by atoms with Gasteiger partial charge >= 0.3 is 0 Å². The Morgan fingerprint density at radius 1 is 1.32 bits per heavy atom. The number of aliphatic hydroxyl groups is 2. The number of hydrogen-bond donors (Lipinski definition) is 2. The summed E-state index contributed by atoms with van der Waals surface area (Å²) in [6.07, 6.45) is 2.51. The molecule has 1 aliphatic rings. The first-order valence-electron chi connectivity index (χ1n) is 9.27. The van der Waals surface area contributed by atoms with Crippen molar-refractivity contribution in [1.82, 2.24) is 14.9 Å². The second-order valence-electron chi connectivity index (χ2n) is 6.74. The van der Waals surface area contributed by atoms with E-state index in [0.717, 1.165) is 17.6 Å². The summed E-state index contributed by atoms with van der Waals surface area (Å²) >= 11 is 0. The number of aliphatic hydroxyl groups excluding tert-OH is 2. The topological polar surface area (TPSA) is 97.2 Å². The third-order valence-electron chi connectivity index (χ3n) is 4.93. The number of aromatic nitrogens is 2. The van der Waals surface area contributed by atoms with Crippen LogP contribution in [-0.2, 0) is 11.2 Å². The molecule has 152 valence electrons. The normalized spacial score (nSPS) is 21.0. The van der Waals surface area contributed by atoms with E-state index in [9.17, 15) is 10.2 Å². The monoisotopic (exact) mass is 389 g/mol. The lowest BCUT2D eigenvalue weighted by Crippen LogP contribution is -2.40. The number of nitrogens with zero attached hydrogens (tertiary/aromatic N) is 3. The molecule has 2 N–H and O–H groups in total. The molecular weight excluding hydrogens is 362 g/mol. The molecule has 1 aromatic carbocycles. The molecule has 1 aliphatic heterocycles. The largest absolute Gasteiger partial charge is 0.497 e. The molecule has 0 radical (unpaired) electrons. The van der Waals surface area contributed by atoms with Crippen LogP contribution in [-0.4, -0.2) is 71.0 Å². The van der Waals surface area contributed by atoms with Crippen molar-refractivity contribution in [2.75, 3.05) is 27.5 Å². The summed E-state index contributed by atoms with van der Waals surface area (Å²) in [5.41, 5.74) is 2.20. The van der Waals surface area contributed by atoms with Gasteiger partial charge in [0.05, 0.1) is 30.9 Å². The Hall–Kier alpha value is -2.26. The number of likely N-dealkylation sites (tertiary alicyclic amines) is 1. The van der Waals surface area contributed by atoms with Gasteiger partial charge in [-0.2, -0.15) is 0 Å². The Bertz CT molecular complexity index is 816. The number of benzene rings is 1. The van der Waals surface area contributed by atoms with Gasteiger partial charge in [0.1, 0.15) is 17.5 Å². The molecule has 1 fully saturated rings. The number of aryl methyl sites for hydroxylation is 1. The van der Waals surface area contributed by atoms with E-state index >= 15 is 0 Å². The van der Waals surface area contributed by atoms with Crippen molar-refractivity contribution in [3.63, 3.8) is 0 Å². The lowest BCUT2D eigenvalue weighted by molar-refractivity contribution is -0.126. The lowest BCUT2D eigenvalue weighted by atomic mass is 10.2. The Kier molecular flexibility index (Phi) is 6.79. The molecule has 0 amide bonds. The molecule has 28 heavy (non-hydrogen) atoms. The number of hydrogen-bond acceptors (Lipinski definition) is 8. The summed E-state index contributed by atoms with van der Waals surface area (Å²) in [5.74, 6) is 1.15. The Morgan fingerprint density at radius 3 is 2.82 bits per heavy atom. The van der Waals surface area contributed by atoms with Gasteiger partial charge in [-0.3, -0.25) is 4.90 Å². The molecule has 0 bridgehead atoms. The van der Waals surface area contributed by atoms with Crippen molar-refractivity contribution in [3.8, 4) is 11.6 Å². The van der Waals surface area contributed by atoms with Gasteiger partial charge < -0.3 is 24.4 Å². The maximum Gasteiger partial charge on any atom is 0.236 e. The minimum atomic E-state index is -0.993. The van der Waals surface area contributed by atoms with E-state index in [2.05, 4.69) is 11.6 Å². The van der Waals surface area contributed by atoms with E-state index in [0.29, 0.717) is 36.5 Å². The summed E-state index contributed by atoms with van der Waals surface area (Å²) in [4.78, 5) is 11.1. The van der Waals surface area contributed by atoms with Crippen molar-refractivity contribution >= 4 is 11.0 Å². The van der Waals surface area contributed by atoms with Crippen molar-refractivity contribution < 1.29 is 24.4 Å². The fourth-order valence-corrected chi connectivity index (χ4v) is 3.43. The van der Waals surface area contributed by atoms with Crippen molar-refractivity contribution in [3.05, 3.63) is 36.5 Å². The summed E-state index contributed by atoms with van der Waals surface area (Å²) < 4.78 is 16.5. The Labute approximate surface area is 164 Å². The maximum atomic E-state index is 10.0. The lowest BCUT2D eigenvalue weighted by Gasteiger charge is -2.24. The minimum absolute atomic E-state index is 0.186. The fraction of sp³-hybridized carbons (Fsp3) is 0.500. The predicted octanol–water partition coefficient (Wildman–Crippen LogP) is 1.49. The van der Waals surface area contributed by atoms with E-state index in [4.69, 9.17) is 19.2 Å². The number of fused-ring (bicyclic) bond motifs is 1. The van der Waals surface area contributed by atoms with Gasteiger partial charge in [0.2, 0.25) is 5.88 Å². The van der Waals surface area contributed by atoms with Crippen LogP contribution in [0.1, 0.15) is 18.5 Å². The highest BCUT2D eigenvalue weighted by molar-refractivity contribution is 5.76. The Morgan fingerprint density at radius 2 is 2.14 bits per heavy atom. The van der Waals surface area contributed by atoms with Crippen molar-refractivity contribution in [2.24, 2.45) is 0 Å². The molecule has 1 unspecified atom stereocenters. The van der Waals surface area contributed by atoms with Crippen molar-refractivity contribution in [2.45, 2.75) is 37.7 Å². The molecule has 3 rings (SSSR count). The van der Waals surface area contributed by atoms with Gasteiger partial charge in [0.15, 0.2) is 6.29 Å². The zero-order valence-electron chi connectivity index (χ0n) is 16.2. The molecule has 3 atom stereocenters. The van der Waals surface area contributed by atoms with E-state index in [1.165, 1.54) is 7.11 Å². The summed E-state index contributed by atoms with van der Waals surface area (Å²) in [7, 11) is 3.04.